The summed E-state index contributed by atoms with van der Waals surface area (Å²) in [5, 5.41) is 11.7. The molecular weight excluding hydrogens is 456 g/mol. The first-order valence-corrected chi connectivity index (χ1v) is 10.8. The number of hydrogen-bond donors (Lipinski definition) is 0. The summed E-state index contributed by atoms with van der Waals surface area (Å²) in [6.07, 6.45) is 0. The summed E-state index contributed by atoms with van der Waals surface area (Å²) in [6, 6.07) is 9.44. The summed E-state index contributed by atoms with van der Waals surface area (Å²) in [7, 11) is 0. The molecule has 0 radical (unpaired) electrons. The number of carbonyl (C=O) groups is 1. The van der Waals surface area contributed by atoms with Crippen LogP contribution in [0.1, 0.15) is 24.2 Å². The monoisotopic (exact) mass is 478 g/mol. The van der Waals surface area contributed by atoms with Gasteiger partial charge in [0, 0.05) is 42.9 Å². The fraction of sp³-hybridized carbons (Fsp3) is 0.333. The smallest absolute Gasteiger partial charge is 0.270 e. The number of nitro benzene ring substituents is 1. The second-order valence-electron chi connectivity index (χ2n) is 6.96. The van der Waals surface area contributed by atoms with Gasteiger partial charge in [-0.3, -0.25) is 19.8 Å². The number of benzene rings is 2. The fourth-order valence-electron chi connectivity index (χ4n) is 3.40. The highest BCUT2D eigenvalue weighted by atomic mass is 35.5. The molecule has 1 aliphatic heterocycles. The molecule has 0 unspecified atom stereocenters. The van der Waals surface area contributed by atoms with Gasteiger partial charge in [-0.25, -0.2) is 4.98 Å². The first-order valence-electron chi connectivity index (χ1n) is 9.99. The summed E-state index contributed by atoms with van der Waals surface area (Å²) >= 11 is 1.38. The van der Waals surface area contributed by atoms with Crippen molar-refractivity contribution in [1.29, 1.82) is 0 Å². The van der Waals surface area contributed by atoms with Crippen molar-refractivity contribution in [3.63, 3.8) is 0 Å². The number of amides is 1. The summed E-state index contributed by atoms with van der Waals surface area (Å²) in [5.41, 5.74) is 0.843. The van der Waals surface area contributed by atoms with E-state index in [1.54, 1.807) is 17.0 Å². The quantitative estimate of drug-likeness (QED) is 0.350. The van der Waals surface area contributed by atoms with Crippen LogP contribution in [0.2, 0.25) is 0 Å². The van der Waals surface area contributed by atoms with Gasteiger partial charge in [-0.1, -0.05) is 31.3 Å². The van der Waals surface area contributed by atoms with Gasteiger partial charge in [-0.15, -0.1) is 12.4 Å². The number of halogens is 1. The van der Waals surface area contributed by atoms with Gasteiger partial charge in [0.15, 0.2) is 16.6 Å². The molecule has 1 aliphatic rings. The molecule has 2 aromatic carbocycles. The molecule has 0 saturated carbocycles. The van der Waals surface area contributed by atoms with Gasteiger partial charge < -0.3 is 14.4 Å². The lowest BCUT2D eigenvalue weighted by atomic mass is 10.2. The Bertz CT molecular complexity index is 1090. The minimum atomic E-state index is -0.504. The number of ether oxygens (including phenoxy) is 2. The molecule has 0 fully saturated rings. The predicted molar refractivity (Wildman–Crippen MR) is 126 cm³/mol. The molecule has 0 aliphatic carbocycles. The molecule has 9 nitrogen and oxygen atoms in total. The Labute approximate surface area is 195 Å². The summed E-state index contributed by atoms with van der Waals surface area (Å²) in [4.78, 5) is 32.5. The molecule has 170 valence electrons. The molecule has 11 heteroatoms. The molecule has 1 aromatic heterocycles. The lowest BCUT2D eigenvalue weighted by Crippen LogP contribution is -2.38. The third-order valence-corrected chi connectivity index (χ3v) is 6.23. The van der Waals surface area contributed by atoms with Gasteiger partial charge in [-0.2, -0.15) is 0 Å². The second-order valence-corrected chi connectivity index (χ2v) is 7.97. The van der Waals surface area contributed by atoms with Crippen molar-refractivity contribution in [3.05, 3.63) is 52.1 Å². The van der Waals surface area contributed by atoms with Crippen LogP contribution in [0.5, 0.6) is 11.5 Å². The van der Waals surface area contributed by atoms with E-state index >= 15 is 0 Å². The van der Waals surface area contributed by atoms with E-state index in [4.69, 9.17) is 9.47 Å². The van der Waals surface area contributed by atoms with Crippen LogP contribution in [-0.2, 0) is 0 Å². The van der Waals surface area contributed by atoms with E-state index < -0.39 is 4.92 Å². The van der Waals surface area contributed by atoms with Gasteiger partial charge in [0.25, 0.3) is 11.6 Å². The van der Waals surface area contributed by atoms with E-state index in [0.717, 1.165) is 17.8 Å². The maximum atomic E-state index is 13.4. The normalized spacial score (nSPS) is 12.1. The Morgan fingerprint density at radius 3 is 2.56 bits per heavy atom. The van der Waals surface area contributed by atoms with Gasteiger partial charge >= 0.3 is 0 Å². The van der Waals surface area contributed by atoms with Gasteiger partial charge in [-0.05, 0) is 19.2 Å². The van der Waals surface area contributed by atoms with E-state index in [1.807, 2.05) is 6.07 Å². The number of carbonyl (C=O) groups excluding carboxylic acids is 1. The number of anilines is 1. The number of non-ortho nitro benzene ring substituents is 1. The topological polar surface area (TPSA) is 98.0 Å². The van der Waals surface area contributed by atoms with Crippen LogP contribution in [0.4, 0.5) is 10.8 Å². The zero-order chi connectivity index (χ0) is 22.0. The van der Waals surface area contributed by atoms with Crippen molar-refractivity contribution in [3.8, 4) is 11.5 Å². The van der Waals surface area contributed by atoms with Crippen LogP contribution >= 0.6 is 23.7 Å². The number of thiazole rings is 1. The number of nitro groups is 1. The molecule has 0 saturated heterocycles. The van der Waals surface area contributed by atoms with Crippen molar-refractivity contribution >= 4 is 50.7 Å². The molecule has 2 heterocycles. The van der Waals surface area contributed by atoms with E-state index in [0.29, 0.717) is 35.2 Å². The Hall–Kier alpha value is -2.95. The summed E-state index contributed by atoms with van der Waals surface area (Å²) in [5.74, 6) is 0.960. The van der Waals surface area contributed by atoms with Crippen LogP contribution in [-0.4, -0.2) is 53.7 Å². The SMILES string of the molecule is CCN(CC)CCN(C(=O)c1cccc([N+](=O)[O-])c1)c1nc2cc3c(cc2s1)OCO3.Cl. The Morgan fingerprint density at radius 1 is 1.16 bits per heavy atom. The number of hydrogen-bond acceptors (Lipinski definition) is 8. The van der Waals surface area contributed by atoms with Crippen molar-refractivity contribution < 1.29 is 19.2 Å². The number of likely N-dealkylation sites (N-methyl/N-ethyl adjacent to an activating group) is 1. The molecule has 0 atom stereocenters. The van der Waals surface area contributed by atoms with Crippen molar-refractivity contribution in [2.75, 3.05) is 37.9 Å². The van der Waals surface area contributed by atoms with E-state index in [-0.39, 0.29) is 36.4 Å². The number of aromatic nitrogens is 1. The van der Waals surface area contributed by atoms with Gasteiger partial charge in [0.05, 0.1) is 15.1 Å². The highest BCUT2D eigenvalue weighted by Gasteiger charge is 2.24. The van der Waals surface area contributed by atoms with Crippen LogP contribution in [0.25, 0.3) is 10.2 Å². The fourth-order valence-corrected chi connectivity index (χ4v) is 4.40. The van der Waals surface area contributed by atoms with Crippen LogP contribution in [0.3, 0.4) is 0 Å². The maximum absolute atomic E-state index is 13.4. The molecule has 0 N–H and O–H groups in total. The van der Waals surface area contributed by atoms with Crippen molar-refractivity contribution in [2.24, 2.45) is 0 Å². The van der Waals surface area contributed by atoms with Crippen LogP contribution < -0.4 is 14.4 Å². The van der Waals surface area contributed by atoms with Gasteiger partial charge in [0.2, 0.25) is 6.79 Å². The van der Waals surface area contributed by atoms with E-state index in [9.17, 15) is 14.9 Å². The zero-order valence-electron chi connectivity index (χ0n) is 17.6. The molecular formula is C21H23ClN4O5S. The summed E-state index contributed by atoms with van der Waals surface area (Å²) in [6.45, 7) is 7.10. The van der Waals surface area contributed by atoms with E-state index in [2.05, 4.69) is 23.7 Å². The molecule has 1 amide bonds. The molecule has 0 bridgehead atoms. The van der Waals surface area contributed by atoms with Crippen LogP contribution in [0.15, 0.2) is 36.4 Å². The number of fused-ring (bicyclic) bond motifs is 2. The number of nitrogens with zero attached hydrogens (tertiary/aromatic N) is 4. The van der Waals surface area contributed by atoms with E-state index in [1.165, 1.54) is 29.5 Å². The first-order chi connectivity index (χ1) is 15.0. The molecule has 32 heavy (non-hydrogen) atoms. The average molecular weight is 479 g/mol. The minimum Gasteiger partial charge on any atom is -0.454 e. The highest BCUT2D eigenvalue weighted by Crippen LogP contribution is 2.40. The lowest BCUT2D eigenvalue weighted by Gasteiger charge is -2.24. The lowest BCUT2D eigenvalue weighted by molar-refractivity contribution is -0.384. The molecule has 3 aromatic rings. The van der Waals surface area contributed by atoms with Crippen LogP contribution in [0, 0.1) is 10.1 Å². The molecule has 4 rings (SSSR count). The second kappa shape index (κ2) is 10.1. The zero-order valence-corrected chi connectivity index (χ0v) is 19.3. The van der Waals surface area contributed by atoms with Crippen molar-refractivity contribution in [1.82, 2.24) is 9.88 Å². The third-order valence-electron chi connectivity index (χ3n) is 5.19. The summed E-state index contributed by atoms with van der Waals surface area (Å²) < 4.78 is 11.7. The molecule has 0 spiro atoms. The Morgan fingerprint density at radius 2 is 1.88 bits per heavy atom. The number of rotatable bonds is 8. The van der Waals surface area contributed by atoms with Crippen molar-refractivity contribution in [2.45, 2.75) is 13.8 Å². The average Bonchev–Trinajstić information content (AvgIpc) is 3.40. The Balaban J connectivity index is 0.00000289. The first kappa shape index (κ1) is 23.7. The minimum absolute atomic E-state index is 0. The largest absolute Gasteiger partial charge is 0.454 e. The Kier molecular flexibility index (Phi) is 7.49. The predicted octanol–water partition coefficient (Wildman–Crippen LogP) is 4.34. The standard InChI is InChI=1S/C21H22N4O5S.ClH/c1-3-23(4-2)8-9-24(20(26)14-6-5-7-15(10-14)25(27)28)21-22-16-11-17-18(30-13-29-17)12-19(16)31-21;/h5-7,10-12H,3-4,8-9,13H2,1-2H3;1H. The third kappa shape index (κ3) is 4.77. The highest BCUT2D eigenvalue weighted by molar-refractivity contribution is 7.22. The maximum Gasteiger partial charge on any atom is 0.270 e. The van der Waals surface area contributed by atoms with Gasteiger partial charge in [0.1, 0.15) is 0 Å².